The van der Waals surface area contributed by atoms with Crippen LogP contribution in [0.1, 0.15) is 53.8 Å². The Labute approximate surface area is 117 Å². The van der Waals surface area contributed by atoms with Crippen molar-refractivity contribution in [2.24, 2.45) is 0 Å². The van der Waals surface area contributed by atoms with Gasteiger partial charge in [-0.1, -0.05) is 13.3 Å². The molecule has 104 valence electrons. The summed E-state index contributed by atoms with van der Waals surface area (Å²) in [6.45, 7) is 2.05. The number of hydrogen-bond donors (Lipinski definition) is 1. The highest BCUT2D eigenvalue weighted by Crippen LogP contribution is 2.38. The number of aryl methyl sites for hydroxylation is 1. The second-order valence-electron chi connectivity index (χ2n) is 5.22. The van der Waals surface area contributed by atoms with Gasteiger partial charge in [-0.25, -0.2) is 14.5 Å². The average Bonchev–Trinajstić information content (AvgIpc) is 3.16. The molecule has 5 heteroatoms. The summed E-state index contributed by atoms with van der Waals surface area (Å²) in [6.07, 6.45) is 5.95. The zero-order valence-electron chi connectivity index (χ0n) is 11.4. The topological polar surface area (TPSA) is 68.0 Å². The van der Waals surface area contributed by atoms with Crippen LogP contribution in [0.3, 0.4) is 0 Å². The number of rotatable bonds is 5. The maximum absolute atomic E-state index is 11.2. The van der Waals surface area contributed by atoms with Gasteiger partial charge in [0, 0.05) is 17.8 Å². The van der Waals surface area contributed by atoms with Crippen LogP contribution in [-0.2, 0) is 6.42 Å². The Bertz CT molecular complexity index is 644. The van der Waals surface area contributed by atoms with Crippen LogP contribution in [0.2, 0.25) is 0 Å². The average molecular weight is 271 g/mol. The van der Waals surface area contributed by atoms with E-state index in [0.717, 1.165) is 24.2 Å². The van der Waals surface area contributed by atoms with E-state index in [0.29, 0.717) is 11.7 Å². The first-order chi connectivity index (χ1) is 9.67. The Balaban J connectivity index is 1.99. The highest BCUT2D eigenvalue weighted by molar-refractivity contribution is 5.88. The first-order valence-corrected chi connectivity index (χ1v) is 6.97. The van der Waals surface area contributed by atoms with Crippen molar-refractivity contribution < 1.29 is 9.90 Å². The van der Waals surface area contributed by atoms with Crippen LogP contribution in [0, 0.1) is 0 Å². The zero-order chi connectivity index (χ0) is 14.1. The van der Waals surface area contributed by atoms with Gasteiger partial charge >= 0.3 is 5.97 Å². The third-order valence-corrected chi connectivity index (χ3v) is 3.46. The predicted octanol–water partition coefficient (Wildman–Crippen LogP) is 2.80. The van der Waals surface area contributed by atoms with Gasteiger partial charge in [-0.15, -0.1) is 0 Å². The molecular formula is C15H17N3O2. The normalized spacial score (nSPS) is 14.4. The molecular weight excluding hydrogens is 254 g/mol. The van der Waals surface area contributed by atoms with Crippen LogP contribution >= 0.6 is 0 Å². The summed E-state index contributed by atoms with van der Waals surface area (Å²) in [5.41, 5.74) is 2.14. The van der Waals surface area contributed by atoms with E-state index in [4.69, 9.17) is 0 Å². The lowest BCUT2D eigenvalue weighted by Crippen LogP contribution is -2.06. The molecule has 0 spiro atoms. The van der Waals surface area contributed by atoms with Gasteiger partial charge < -0.3 is 5.11 Å². The van der Waals surface area contributed by atoms with Gasteiger partial charge in [0.25, 0.3) is 0 Å². The Morgan fingerprint density at radius 3 is 2.90 bits per heavy atom. The van der Waals surface area contributed by atoms with E-state index >= 15 is 0 Å². The number of carboxylic acid groups (broad SMARTS) is 1. The van der Waals surface area contributed by atoms with Gasteiger partial charge in [-0.05, 0) is 37.5 Å². The first kappa shape index (κ1) is 12.8. The second-order valence-corrected chi connectivity index (χ2v) is 5.22. The van der Waals surface area contributed by atoms with Crippen LogP contribution in [0.25, 0.3) is 5.82 Å². The van der Waals surface area contributed by atoms with Gasteiger partial charge in [0.05, 0.1) is 11.3 Å². The maximum atomic E-state index is 11.2. The minimum atomic E-state index is -0.930. The van der Waals surface area contributed by atoms with Crippen LogP contribution < -0.4 is 0 Å². The Kier molecular flexibility index (Phi) is 3.26. The fraction of sp³-hybridized carbons (Fsp3) is 0.400. The van der Waals surface area contributed by atoms with Crippen molar-refractivity contribution in [2.45, 2.75) is 38.5 Å². The molecule has 0 aromatic carbocycles. The van der Waals surface area contributed by atoms with Crippen LogP contribution in [-0.4, -0.2) is 25.8 Å². The smallest absolute Gasteiger partial charge is 0.335 e. The molecule has 1 fully saturated rings. The molecule has 0 aliphatic heterocycles. The molecule has 2 aromatic heterocycles. The molecule has 5 nitrogen and oxygen atoms in total. The largest absolute Gasteiger partial charge is 0.478 e. The molecule has 1 aliphatic rings. The number of carboxylic acids is 1. The van der Waals surface area contributed by atoms with Crippen LogP contribution in [0.5, 0.6) is 0 Å². The fourth-order valence-electron chi connectivity index (χ4n) is 2.26. The van der Waals surface area contributed by atoms with Crippen LogP contribution in [0.4, 0.5) is 0 Å². The van der Waals surface area contributed by atoms with Crippen molar-refractivity contribution in [1.29, 1.82) is 0 Å². The van der Waals surface area contributed by atoms with E-state index in [-0.39, 0.29) is 5.56 Å². The summed E-state index contributed by atoms with van der Waals surface area (Å²) >= 11 is 0. The summed E-state index contributed by atoms with van der Waals surface area (Å²) < 4.78 is 1.68. The number of aromatic nitrogens is 3. The predicted molar refractivity (Wildman–Crippen MR) is 74.3 cm³/mol. The summed E-state index contributed by atoms with van der Waals surface area (Å²) in [4.78, 5) is 15.7. The molecule has 1 aliphatic carbocycles. The summed E-state index contributed by atoms with van der Waals surface area (Å²) in [7, 11) is 0. The molecule has 0 saturated heterocycles. The molecule has 2 aromatic rings. The molecule has 0 atom stereocenters. The third kappa shape index (κ3) is 2.57. The minimum Gasteiger partial charge on any atom is -0.478 e. The summed E-state index contributed by atoms with van der Waals surface area (Å²) in [6, 6.07) is 5.21. The van der Waals surface area contributed by atoms with Crippen molar-refractivity contribution >= 4 is 5.97 Å². The maximum Gasteiger partial charge on any atom is 0.335 e. The Hall–Kier alpha value is -2.17. The lowest BCUT2D eigenvalue weighted by atomic mass is 10.1. The number of carbonyl (C=O) groups is 1. The minimum absolute atomic E-state index is 0.266. The molecule has 2 heterocycles. The Morgan fingerprint density at radius 2 is 2.25 bits per heavy atom. The Morgan fingerprint density at radius 1 is 1.45 bits per heavy atom. The van der Waals surface area contributed by atoms with Crippen molar-refractivity contribution in [3.8, 4) is 5.82 Å². The van der Waals surface area contributed by atoms with Crippen molar-refractivity contribution in [3.05, 3.63) is 41.3 Å². The number of pyridine rings is 1. The fourth-order valence-corrected chi connectivity index (χ4v) is 2.26. The molecule has 1 saturated carbocycles. The molecule has 0 radical (unpaired) electrons. The second kappa shape index (κ2) is 5.07. The van der Waals surface area contributed by atoms with Gasteiger partial charge in [-0.2, -0.15) is 5.10 Å². The van der Waals surface area contributed by atoms with E-state index in [1.807, 2.05) is 19.2 Å². The van der Waals surface area contributed by atoms with Gasteiger partial charge in [0.1, 0.15) is 0 Å². The van der Waals surface area contributed by atoms with E-state index in [1.165, 1.54) is 12.8 Å². The SMILES string of the molecule is CCCc1cc(C(=O)O)cc(-n2ccc(C3CC3)n2)n1. The summed E-state index contributed by atoms with van der Waals surface area (Å²) in [5.74, 6) is 0.231. The lowest BCUT2D eigenvalue weighted by Gasteiger charge is -2.06. The van der Waals surface area contributed by atoms with Crippen molar-refractivity contribution in [2.75, 3.05) is 0 Å². The highest BCUT2D eigenvalue weighted by Gasteiger charge is 2.26. The summed E-state index contributed by atoms with van der Waals surface area (Å²) in [5, 5.41) is 13.7. The molecule has 3 rings (SSSR count). The molecule has 1 N–H and O–H groups in total. The first-order valence-electron chi connectivity index (χ1n) is 6.97. The van der Waals surface area contributed by atoms with Gasteiger partial charge in [0.2, 0.25) is 0 Å². The molecule has 0 unspecified atom stereocenters. The molecule has 0 bridgehead atoms. The monoisotopic (exact) mass is 271 g/mol. The van der Waals surface area contributed by atoms with Gasteiger partial charge in [-0.3, -0.25) is 0 Å². The van der Waals surface area contributed by atoms with E-state index in [9.17, 15) is 9.90 Å². The quantitative estimate of drug-likeness (QED) is 0.908. The third-order valence-electron chi connectivity index (χ3n) is 3.46. The van der Waals surface area contributed by atoms with E-state index < -0.39 is 5.97 Å². The standard InChI is InChI=1S/C15H17N3O2/c1-2-3-12-8-11(15(19)20)9-14(16-12)18-7-6-13(17-18)10-4-5-10/h6-10H,2-5H2,1H3,(H,19,20). The number of hydrogen-bond acceptors (Lipinski definition) is 3. The highest BCUT2D eigenvalue weighted by atomic mass is 16.4. The van der Waals surface area contributed by atoms with E-state index in [2.05, 4.69) is 10.1 Å². The lowest BCUT2D eigenvalue weighted by molar-refractivity contribution is 0.0696. The van der Waals surface area contributed by atoms with Gasteiger partial charge in [0.15, 0.2) is 5.82 Å². The number of nitrogens with zero attached hydrogens (tertiary/aromatic N) is 3. The number of aromatic carboxylic acids is 1. The van der Waals surface area contributed by atoms with E-state index in [1.54, 1.807) is 16.8 Å². The molecule has 0 amide bonds. The van der Waals surface area contributed by atoms with Crippen molar-refractivity contribution in [3.63, 3.8) is 0 Å². The van der Waals surface area contributed by atoms with Crippen molar-refractivity contribution in [1.82, 2.24) is 14.8 Å². The van der Waals surface area contributed by atoms with Crippen LogP contribution in [0.15, 0.2) is 24.4 Å². The zero-order valence-corrected chi connectivity index (χ0v) is 11.4. The molecule has 20 heavy (non-hydrogen) atoms.